The molecule has 6 heteroatoms. The molecule has 2 unspecified atom stereocenters. The van der Waals surface area contributed by atoms with Crippen LogP contribution in [0.15, 0.2) is 11.0 Å². The van der Waals surface area contributed by atoms with E-state index in [2.05, 4.69) is 17.3 Å². The third kappa shape index (κ3) is 3.09. The summed E-state index contributed by atoms with van der Waals surface area (Å²) in [5.41, 5.74) is 6.18. The maximum Gasteiger partial charge on any atom is 0.287 e. The molecular weight excluding hydrogens is 288 g/mol. The van der Waals surface area contributed by atoms with Crippen LogP contribution in [0.1, 0.15) is 52.5 Å². The van der Waals surface area contributed by atoms with Gasteiger partial charge in [0, 0.05) is 6.54 Å². The Bertz CT molecular complexity index is 557. The Morgan fingerprint density at radius 2 is 2.29 bits per heavy atom. The van der Waals surface area contributed by atoms with E-state index in [1.54, 1.807) is 6.20 Å². The van der Waals surface area contributed by atoms with Crippen LogP contribution in [0.3, 0.4) is 0 Å². The minimum Gasteiger partial charge on any atom is -0.375 e. The van der Waals surface area contributed by atoms with Crippen LogP contribution in [0.5, 0.6) is 0 Å². The number of anilines is 1. The second-order valence-corrected chi connectivity index (χ2v) is 6.73. The Balaban J connectivity index is 2.34. The van der Waals surface area contributed by atoms with Crippen molar-refractivity contribution in [3.8, 4) is 0 Å². The lowest BCUT2D eigenvalue weighted by Crippen LogP contribution is -2.52. The molecule has 0 spiro atoms. The molecule has 0 radical (unpaired) electrons. The number of nitrogens with two attached hydrogens (primary N) is 1. The summed E-state index contributed by atoms with van der Waals surface area (Å²) >= 11 is 6.25. The largest absolute Gasteiger partial charge is 0.375 e. The van der Waals surface area contributed by atoms with Gasteiger partial charge >= 0.3 is 0 Å². The lowest BCUT2D eigenvalue weighted by atomic mass is 9.73. The fourth-order valence-electron chi connectivity index (χ4n) is 3.12. The minimum atomic E-state index is -0.257. The zero-order valence-corrected chi connectivity index (χ0v) is 13.8. The van der Waals surface area contributed by atoms with E-state index < -0.39 is 0 Å². The summed E-state index contributed by atoms with van der Waals surface area (Å²) in [5, 5.41) is 7.85. The molecule has 2 rings (SSSR count). The van der Waals surface area contributed by atoms with Crippen LogP contribution in [-0.2, 0) is 0 Å². The molecular formula is C15H25ClN4O. The van der Waals surface area contributed by atoms with Crippen LogP contribution in [0.25, 0.3) is 0 Å². The van der Waals surface area contributed by atoms with Gasteiger partial charge < -0.3 is 11.1 Å². The van der Waals surface area contributed by atoms with Crippen LogP contribution >= 0.6 is 11.6 Å². The smallest absolute Gasteiger partial charge is 0.287 e. The van der Waals surface area contributed by atoms with Crippen molar-refractivity contribution >= 4 is 17.3 Å². The van der Waals surface area contributed by atoms with Gasteiger partial charge in [-0.2, -0.15) is 5.10 Å². The van der Waals surface area contributed by atoms with Crippen molar-refractivity contribution in [1.82, 2.24) is 9.78 Å². The first-order valence-electron chi connectivity index (χ1n) is 7.67. The van der Waals surface area contributed by atoms with Crippen LogP contribution in [0.4, 0.5) is 5.69 Å². The maximum absolute atomic E-state index is 12.2. The maximum atomic E-state index is 12.2. The molecule has 1 fully saturated rings. The van der Waals surface area contributed by atoms with E-state index in [4.69, 9.17) is 17.3 Å². The lowest BCUT2D eigenvalue weighted by molar-refractivity contribution is 0.235. The first-order chi connectivity index (χ1) is 9.91. The third-order valence-electron chi connectivity index (χ3n) is 4.63. The van der Waals surface area contributed by atoms with Crippen molar-refractivity contribution in [1.29, 1.82) is 0 Å². The molecule has 0 saturated heterocycles. The number of halogens is 1. The first kappa shape index (κ1) is 16.3. The summed E-state index contributed by atoms with van der Waals surface area (Å²) < 4.78 is 1.40. The Labute approximate surface area is 130 Å². The van der Waals surface area contributed by atoms with Crippen molar-refractivity contribution in [2.45, 2.75) is 58.0 Å². The summed E-state index contributed by atoms with van der Waals surface area (Å²) in [7, 11) is 0. The Morgan fingerprint density at radius 1 is 1.57 bits per heavy atom. The highest BCUT2D eigenvalue weighted by Crippen LogP contribution is 2.36. The molecule has 2 atom stereocenters. The molecule has 0 aliphatic heterocycles. The molecule has 1 aliphatic rings. The molecule has 1 aromatic heterocycles. The summed E-state index contributed by atoms with van der Waals surface area (Å²) in [6.07, 6.45) is 6.14. The minimum absolute atomic E-state index is 0.0128. The molecule has 0 aromatic carbocycles. The zero-order chi connectivity index (χ0) is 15.6. The van der Waals surface area contributed by atoms with Gasteiger partial charge in [0.2, 0.25) is 0 Å². The topological polar surface area (TPSA) is 72.9 Å². The summed E-state index contributed by atoms with van der Waals surface area (Å²) in [4.78, 5) is 12.2. The van der Waals surface area contributed by atoms with Gasteiger partial charge in [-0.25, -0.2) is 4.68 Å². The van der Waals surface area contributed by atoms with Crippen LogP contribution in [0.2, 0.25) is 5.02 Å². The van der Waals surface area contributed by atoms with Gasteiger partial charge in [-0.3, -0.25) is 4.79 Å². The molecule has 118 valence electrons. The molecule has 1 saturated carbocycles. The summed E-state index contributed by atoms with van der Waals surface area (Å²) in [6.45, 7) is 6.54. The molecule has 5 nitrogen and oxygen atoms in total. The predicted octanol–water partition coefficient (Wildman–Crippen LogP) is 2.80. The van der Waals surface area contributed by atoms with Crippen LogP contribution in [-0.4, -0.2) is 21.9 Å². The lowest BCUT2D eigenvalue weighted by Gasteiger charge is -2.43. The first-order valence-corrected chi connectivity index (χ1v) is 8.04. The van der Waals surface area contributed by atoms with Gasteiger partial charge in [0.15, 0.2) is 0 Å². The van der Waals surface area contributed by atoms with Crippen molar-refractivity contribution in [2.75, 3.05) is 11.9 Å². The fourth-order valence-corrected chi connectivity index (χ4v) is 3.30. The van der Waals surface area contributed by atoms with Crippen molar-refractivity contribution in [3.63, 3.8) is 0 Å². The van der Waals surface area contributed by atoms with E-state index in [1.165, 1.54) is 11.1 Å². The number of aromatic nitrogens is 2. The highest BCUT2D eigenvalue weighted by molar-refractivity contribution is 6.32. The second kappa shape index (κ2) is 6.36. The predicted molar refractivity (Wildman–Crippen MR) is 86.9 cm³/mol. The Hall–Kier alpha value is -1.07. The molecule has 1 heterocycles. The summed E-state index contributed by atoms with van der Waals surface area (Å²) in [6, 6.07) is -0.0128. The van der Waals surface area contributed by atoms with Crippen LogP contribution < -0.4 is 16.6 Å². The van der Waals surface area contributed by atoms with E-state index in [1.807, 2.05) is 13.8 Å². The molecule has 0 amide bonds. The quantitative estimate of drug-likeness (QED) is 0.896. The van der Waals surface area contributed by atoms with E-state index in [9.17, 15) is 4.79 Å². The molecule has 1 aromatic rings. The highest BCUT2D eigenvalue weighted by Gasteiger charge is 2.37. The Morgan fingerprint density at radius 3 is 2.86 bits per heavy atom. The monoisotopic (exact) mass is 312 g/mol. The number of hydrogen-bond donors (Lipinski definition) is 2. The van der Waals surface area contributed by atoms with Gasteiger partial charge in [-0.15, -0.1) is 0 Å². The van der Waals surface area contributed by atoms with E-state index >= 15 is 0 Å². The van der Waals surface area contributed by atoms with Gasteiger partial charge in [-0.05, 0) is 32.6 Å². The van der Waals surface area contributed by atoms with E-state index in [-0.39, 0.29) is 22.2 Å². The molecule has 0 bridgehead atoms. The molecule has 1 aliphatic carbocycles. The van der Waals surface area contributed by atoms with Crippen molar-refractivity contribution in [2.24, 2.45) is 11.7 Å². The van der Waals surface area contributed by atoms with Crippen molar-refractivity contribution < 1.29 is 0 Å². The zero-order valence-electron chi connectivity index (χ0n) is 13.0. The Kier molecular flexibility index (Phi) is 4.94. The van der Waals surface area contributed by atoms with Crippen molar-refractivity contribution in [3.05, 3.63) is 21.6 Å². The summed E-state index contributed by atoms with van der Waals surface area (Å²) in [5.74, 6) is 0.444. The molecule has 21 heavy (non-hydrogen) atoms. The number of nitrogens with one attached hydrogen (secondary N) is 1. The second-order valence-electron chi connectivity index (χ2n) is 6.35. The highest BCUT2D eigenvalue weighted by atomic mass is 35.5. The van der Waals surface area contributed by atoms with Gasteiger partial charge in [0.25, 0.3) is 5.56 Å². The number of nitrogens with zero attached hydrogens (tertiary/aromatic N) is 2. The van der Waals surface area contributed by atoms with Gasteiger partial charge in [0.05, 0.1) is 23.5 Å². The average molecular weight is 313 g/mol. The standard InChI is InChI=1S/C15H25ClN4O/c1-10(2)20-14(21)13(16)12(8-18-20)19-15(9-17)7-5-4-6-11(15)3/h8,10-11,19H,4-7,9,17H2,1-3H3. The number of rotatable bonds is 4. The van der Waals surface area contributed by atoms with E-state index in [0.717, 1.165) is 19.3 Å². The normalized spacial score (nSPS) is 26.1. The SMILES string of the molecule is CC(C)n1ncc(NC2(CN)CCCCC2C)c(Cl)c1=O. The fraction of sp³-hybridized carbons (Fsp3) is 0.733. The third-order valence-corrected chi connectivity index (χ3v) is 5.00. The number of hydrogen-bond acceptors (Lipinski definition) is 4. The van der Waals surface area contributed by atoms with Gasteiger partial charge in [-0.1, -0.05) is 31.4 Å². The van der Waals surface area contributed by atoms with E-state index in [0.29, 0.717) is 18.2 Å². The average Bonchev–Trinajstić information content (AvgIpc) is 2.46. The molecule has 3 N–H and O–H groups in total. The van der Waals surface area contributed by atoms with Crippen LogP contribution in [0, 0.1) is 5.92 Å². The van der Waals surface area contributed by atoms with Gasteiger partial charge in [0.1, 0.15) is 5.02 Å².